The summed E-state index contributed by atoms with van der Waals surface area (Å²) in [4.78, 5) is 12.2. The van der Waals surface area contributed by atoms with Gasteiger partial charge in [0.2, 0.25) is 0 Å². The van der Waals surface area contributed by atoms with Gasteiger partial charge >= 0.3 is 0 Å². The van der Waals surface area contributed by atoms with Crippen LogP contribution < -0.4 is 16.4 Å². The van der Waals surface area contributed by atoms with Gasteiger partial charge in [-0.25, -0.2) is 0 Å². The van der Waals surface area contributed by atoms with Crippen molar-refractivity contribution in [3.05, 3.63) is 59.2 Å². The zero-order valence-corrected chi connectivity index (χ0v) is 12.8. The molecular formula is C16H17N3OS. The predicted molar refractivity (Wildman–Crippen MR) is 90.5 cm³/mol. The maximum absolute atomic E-state index is 12.2. The molecular weight excluding hydrogens is 282 g/mol. The molecule has 2 aromatic carbocycles. The van der Waals surface area contributed by atoms with Crippen molar-refractivity contribution < 1.29 is 4.79 Å². The molecule has 1 amide bonds. The molecule has 0 fully saturated rings. The molecule has 0 radical (unpaired) electrons. The van der Waals surface area contributed by atoms with Crippen LogP contribution in [0.25, 0.3) is 0 Å². The lowest BCUT2D eigenvalue weighted by Gasteiger charge is -2.10. The number of hydrogen-bond donors (Lipinski definition) is 3. The third-order valence-electron chi connectivity index (χ3n) is 2.86. The summed E-state index contributed by atoms with van der Waals surface area (Å²) >= 11 is 5.14. The van der Waals surface area contributed by atoms with Gasteiger partial charge in [0.1, 0.15) is 0 Å². The van der Waals surface area contributed by atoms with Crippen molar-refractivity contribution in [3.8, 4) is 0 Å². The van der Waals surface area contributed by atoms with Gasteiger partial charge in [-0.05, 0) is 56.4 Å². The average Bonchev–Trinajstić information content (AvgIpc) is 2.37. The van der Waals surface area contributed by atoms with Gasteiger partial charge in [-0.1, -0.05) is 23.3 Å². The molecule has 0 saturated heterocycles. The van der Waals surface area contributed by atoms with Crippen molar-refractivity contribution in [2.75, 3.05) is 11.1 Å². The molecule has 0 heterocycles. The van der Waals surface area contributed by atoms with E-state index in [1.807, 2.05) is 44.2 Å². The Kier molecular flexibility index (Phi) is 4.55. The van der Waals surface area contributed by atoms with E-state index in [2.05, 4.69) is 10.6 Å². The van der Waals surface area contributed by atoms with Gasteiger partial charge in [0.25, 0.3) is 5.91 Å². The third-order valence-corrected chi connectivity index (χ3v) is 3.06. The van der Waals surface area contributed by atoms with E-state index in [-0.39, 0.29) is 11.0 Å². The second-order valence-electron chi connectivity index (χ2n) is 4.91. The molecule has 21 heavy (non-hydrogen) atoms. The molecule has 108 valence electrons. The highest BCUT2D eigenvalue weighted by Crippen LogP contribution is 2.12. The van der Waals surface area contributed by atoms with Gasteiger partial charge < -0.3 is 11.1 Å². The molecule has 0 aliphatic heterocycles. The summed E-state index contributed by atoms with van der Waals surface area (Å²) in [5.41, 5.74) is 9.72. The van der Waals surface area contributed by atoms with E-state index < -0.39 is 0 Å². The van der Waals surface area contributed by atoms with E-state index in [0.29, 0.717) is 11.3 Å². The van der Waals surface area contributed by atoms with Crippen molar-refractivity contribution in [1.82, 2.24) is 5.32 Å². The first-order valence-corrected chi connectivity index (χ1v) is 6.91. The smallest absolute Gasteiger partial charge is 0.257 e. The van der Waals surface area contributed by atoms with E-state index in [0.717, 1.165) is 16.8 Å². The quantitative estimate of drug-likeness (QED) is 0.589. The summed E-state index contributed by atoms with van der Waals surface area (Å²) < 4.78 is 0. The molecule has 2 rings (SSSR count). The molecule has 4 nitrogen and oxygen atoms in total. The van der Waals surface area contributed by atoms with Gasteiger partial charge in [0, 0.05) is 16.9 Å². The predicted octanol–water partition coefficient (Wildman–Crippen LogP) is 3.01. The monoisotopic (exact) mass is 299 g/mol. The molecule has 0 spiro atoms. The number of thiocarbonyl (C=S) groups is 1. The average molecular weight is 299 g/mol. The number of nitrogen functional groups attached to an aromatic ring is 1. The summed E-state index contributed by atoms with van der Waals surface area (Å²) in [7, 11) is 0. The van der Waals surface area contributed by atoms with Crippen LogP contribution in [-0.4, -0.2) is 11.0 Å². The van der Waals surface area contributed by atoms with E-state index in [1.54, 1.807) is 12.1 Å². The van der Waals surface area contributed by atoms with Crippen LogP contribution in [-0.2, 0) is 0 Å². The molecule has 4 N–H and O–H groups in total. The number of hydrogen-bond acceptors (Lipinski definition) is 3. The van der Waals surface area contributed by atoms with E-state index in [9.17, 15) is 4.79 Å². The number of anilines is 2. The number of carbonyl (C=O) groups is 1. The first-order valence-electron chi connectivity index (χ1n) is 6.50. The van der Waals surface area contributed by atoms with Crippen LogP contribution in [0.1, 0.15) is 21.5 Å². The SMILES string of the molecule is Cc1cc(C)cc(C(=O)NC(=S)Nc2cccc(N)c2)c1. The molecule has 0 saturated carbocycles. The van der Waals surface area contributed by atoms with Crippen LogP contribution in [0.15, 0.2) is 42.5 Å². The van der Waals surface area contributed by atoms with Crippen LogP contribution in [0.3, 0.4) is 0 Å². The Bertz CT molecular complexity index is 677. The first-order chi connectivity index (χ1) is 9.94. The minimum Gasteiger partial charge on any atom is -0.399 e. The van der Waals surface area contributed by atoms with Crippen molar-refractivity contribution in [3.63, 3.8) is 0 Å². The number of nitrogens with two attached hydrogens (primary N) is 1. The normalized spacial score (nSPS) is 10.0. The maximum atomic E-state index is 12.2. The topological polar surface area (TPSA) is 67.2 Å². The summed E-state index contributed by atoms with van der Waals surface area (Å²) in [6.07, 6.45) is 0. The lowest BCUT2D eigenvalue weighted by molar-refractivity contribution is 0.0977. The van der Waals surface area contributed by atoms with Crippen LogP contribution >= 0.6 is 12.2 Å². The fourth-order valence-corrected chi connectivity index (χ4v) is 2.27. The van der Waals surface area contributed by atoms with Crippen molar-refractivity contribution >= 4 is 34.6 Å². The van der Waals surface area contributed by atoms with E-state index >= 15 is 0 Å². The number of carbonyl (C=O) groups excluding carboxylic acids is 1. The number of benzene rings is 2. The molecule has 0 aromatic heterocycles. The Balaban J connectivity index is 2.03. The van der Waals surface area contributed by atoms with Gasteiger partial charge in [0.15, 0.2) is 5.11 Å². The van der Waals surface area contributed by atoms with Crippen molar-refractivity contribution in [2.45, 2.75) is 13.8 Å². The summed E-state index contributed by atoms with van der Waals surface area (Å²) in [6, 6.07) is 12.8. The molecule has 2 aromatic rings. The number of amides is 1. The summed E-state index contributed by atoms with van der Waals surface area (Å²) in [5.74, 6) is -0.233. The number of rotatable bonds is 2. The highest BCUT2D eigenvalue weighted by molar-refractivity contribution is 7.80. The Morgan fingerprint density at radius 2 is 1.76 bits per heavy atom. The number of aryl methyl sites for hydroxylation is 2. The zero-order chi connectivity index (χ0) is 15.4. The Hall–Kier alpha value is -2.40. The molecule has 5 heteroatoms. The molecule has 0 atom stereocenters. The van der Waals surface area contributed by atoms with Crippen LogP contribution in [0.2, 0.25) is 0 Å². The first kappa shape index (κ1) is 15.0. The van der Waals surface area contributed by atoms with Gasteiger partial charge in [-0.2, -0.15) is 0 Å². The Morgan fingerprint density at radius 3 is 2.38 bits per heavy atom. The number of nitrogens with one attached hydrogen (secondary N) is 2. The van der Waals surface area contributed by atoms with Gasteiger partial charge in [-0.3, -0.25) is 10.1 Å². The maximum Gasteiger partial charge on any atom is 0.257 e. The molecule has 0 bridgehead atoms. The fraction of sp³-hybridized carbons (Fsp3) is 0.125. The third kappa shape index (κ3) is 4.29. The molecule has 0 unspecified atom stereocenters. The van der Waals surface area contributed by atoms with E-state index in [1.165, 1.54) is 0 Å². The van der Waals surface area contributed by atoms with Gasteiger partial charge in [0.05, 0.1) is 0 Å². The van der Waals surface area contributed by atoms with Crippen LogP contribution in [0, 0.1) is 13.8 Å². The van der Waals surface area contributed by atoms with Crippen LogP contribution in [0.5, 0.6) is 0 Å². The summed E-state index contributed by atoms with van der Waals surface area (Å²) in [6.45, 7) is 3.90. The molecule has 0 aliphatic carbocycles. The van der Waals surface area contributed by atoms with Gasteiger partial charge in [-0.15, -0.1) is 0 Å². The molecule has 0 aliphatic rings. The van der Waals surface area contributed by atoms with Crippen LogP contribution in [0.4, 0.5) is 11.4 Å². The Morgan fingerprint density at radius 1 is 1.10 bits per heavy atom. The minimum absolute atomic E-state index is 0.233. The highest BCUT2D eigenvalue weighted by atomic mass is 32.1. The summed E-state index contributed by atoms with van der Waals surface area (Å²) in [5, 5.41) is 5.83. The lowest BCUT2D eigenvalue weighted by Crippen LogP contribution is -2.34. The second-order valence-corrected chi connectivity index (χ2v) is 5.32. The highest BCUT2D eigenvalue weighted by Gasteiger charge is 2.09. The zero-order valence-electron chi connectivity index (χ0n) is 11.9. The minimum atomic E-state index is -0.233. The largest absolute Gasteiger partial charge is 0.399 e. The fourth-order valence-electron chi connectivity index (χ4n) is 2.06. The van der Waals surface area contributed by atoms with Crippen molar-refractivity contribution in [2.24, 2.45) is 0 Å². The standard InChI is InChI=1S/C16H17N3OS/c1-10-6-11(2)8-12(7-10)15(20)19-16(21)18-14-5-3-4-13(17)9-14/h3-9H,17H2,1-2H3,(H2,18,19,20,21). The Labute approximate surface area is 129 Å². The second kappa shape index (κ2) is 6.37. The van der Waals surface area contributed by atoms with Crippen molar-refractivity contribution in [1.29, 1.82) is 0 Å². The van der Waals surface area contributed by atoms with E-state index in [4.69, 9.17) is 18.0 Å². The lowest BCUT2D eigenvalue weighted by atomic mass is 10.1.